The molecule has 2 aromatic rings. The normalized spacial score (nSPS) is 23.9. The van der Waals surface area contributed by atoms with Crippen LogP contribution in [0.4, 0.5) is 14.6 Å². The summed E-state index contributed by atoms with van der Waals surface area (Å²) in [4.78, 5) is 12.0. The zero-order valence-corrected chi connectivity index (χ0v) is 14.9. The van der Waals surface area contributed by atoms with Crippen LogP contribution in [0.15, 0.2) is 24.3 Å². The SMILES string of the molecule is NC(=O)c1c(C2CCc3ccccc3C2)nn(CC2CC(F)(F)CN2)c1N. The van der Waals surface area contributed by atoms with Crippen molar-refractivity contribution in [2.45, 2.75) is 50.1 Å². The molecule has 6 nitrogen and oxygen atoms in total. The number of benzene rings is 1. The topological polar surface area (TPSA) is 99.0 Å². The first-order valence-electron chi connectivity index (χ1n) is 9.18. The van der Waals surface area contributed by atoms with E-state index in [1.165, 1.54) is 15.8 Å². The Morgan fingerprint density at radius 1 is 1.33 bits per heavy atom. The summed E-state index contributed by atoms with van der Waals surface area (Å²) < 4.78 is 28.3. The van der Waals surface area contributed by atoms with Gasteiger partial charge in [-0.15, -0.1) is 0 Å². The fourth-order valence-electron chi connectivity index (χ4n) is 4.24. The summed E-state index contributed by atoms with van der Waals surface area (Å²) in [5.41, 5.74) is 15.1. The number of aryl methyl sites for hydroxylation is 1. The quantitative estimate of drug-likeness (QED) is 0.759. The number of halogens is 2. The van der Waals surface area contributed by atoms with Crippen LogP contribution in [0.5, 0.6) is 0 Å². The van der Waals surface area contributed by atoms with Gasteiger partial charge in [-0.1, -0.05) is 24.3 Å². The van der Waals surface area contributed by atoms with Crippen molar-refractivity contribution < 1.29 is 13.6 Å². The molecular formula is C19H23F2N5O. The van der Waals surface area contributed by atoms with Gasteiger partial charge >= 0.3 is 0 Å². The zero-order chi connectivity index (χ0) is 19.2. The van der Waals surface area contributed by atoms with Crippen LogP contribution < -0.4 is 16.8 Å². The molecule has 1 aromatic heterocycles. The smallest absolute Gasteiger partial charge is 0.261 e. The summed E-state index contributed by atoms with van der Waals surface area (Å²) in [6, 6.07) is 7.76. The third-order valence-corrected chi connectivity index (χ3v) is 5.59. The van der Waals surface area contributed by atoms with Gasteiger partial charge in [0.2, 0.25) is 0 Å². The van der Waals surface area contributed by atoms with E-state index in [9.17, 15) is 13.6 Å². The number of carbonyl (C=O) groups is 1. The standard InChI is InChI=1S/C19H23F2N5O/c20-19(21)8-14(24-10-19)9-26-17(22)15(18(23)27)16(25-26)13-6-5-11-3-1-2-4-12(11)7-13/h1-4,13-14,24H,5-10,22H2,(H2,23,27). The van der Waals surface area contributed by atoms with Gasteiger partial charge in [-0.3, -0.25) is 4.79 Å². The lowest BCUT2D eigenvalue weighted by atomic mass is 9.81. The van der Waals surface area contributed by atoms with Crippen LogP contribution in [-0.2, 0) is 19.4 Å². The molecule has 2 aliphatic rings. The molecule has 2 heterocycles. The molecule has 27 heavy (non-hydrogen) atoms. The molecule has 4 rings (SSSR count). The largest absolute Gasteiger partial charge is 0.383 e. The maximum Gasteiger partial charge on any atom is 0.261 e. The summed E-state index contributed by atoms with van der Waals surface area (Å²) in [5, 5.41) is 7.34. The van der Waals surface area contributed by atoms with Gasteiger partial charge in [0.05, 0.1) is 18.8 Å². The van der Waals surface area contributed by atoms with E-state index in [-0.39, 0.29) is 36.8 Å². The van der Waals surface area contributed by atoms with Crippen molar-refractivity contribution >= 4 is 11.7 Å². The molecule has 1 amide bonds. The van der Waals surface area contributed by atoms with Gasteiger partial charge in [0, 0.05) is 18.4 Å². The number of carbonyl (C=O) groups excluding carboxylic acids is 1. The van der Waals surface area contributed by atoms with Crippen molar-refractivity contribution in [3.05, 3.63) is 46.6 Å². The molecule has 2 unspecified atom stereocenters. The van der Waals surface area contributed by atoms with Crippen LogP contribution in [0.2, 0.25) is 0 Å². The highest BCUT2D eigenvalue weighted by atomic mass is 19.3. The maximum atomic E-state index is 13.4. The van der Waals surface area contributed by atoms with Crippen LogP contribution in [-0.4, -0.2) is 34.2 Å². The van der Waals surface area contributed by atoms with Crippen LogP contribution in [0.3, 0.4) is 0 Å². The van der Waals surface area contributed by atoms with E-state index in [1.807, 2.05) is 12.1 Å². The highest BCUT2D eigenvalue weighted by Gasteiger charge is 2.40. The van der Waals surface area contributed by atoms with Gasteiger partial charge in [0.15, 0.2) is 0 Å². The second-order valence-electron chi connectivity index (χ2n) is 7.54. The number of amides is 1. The predicted octanol–water partition coefficient (Wildman–Crippen LogP) is 1.83. The number of alkyl halides is 2. The molecule has 0 spiro atoms. The van der Waals surface area contributed by atoms with Crippen molar-refractivity contribution in [1.29, 1.82) is 0 Å². The molecule has 1 fully saturated rings. The number of aromatic nitrogens is 2. The highest BCUT2D eigenvalue weighted by Crippen LogP contribution is 2.35. The first-order valence-corrected chi connectivity index (χ1v) is 9.18. The number of hydrogen-bond acceptors (Lipinski definition) is 4. The average Bonchev–Trinajstić information content (AvgIpc) is 3.14. The Balaban J connectivity index is 1.62. The van der Waals surface area contributed by atoms with Gasteiger partial charge in [0.1, 0.15) is 11.4 Å². The lowest BCUT2D eigenvalue weighted by Gasteiger charge is -2.23. The van der Waals surface area contributed by atoms with Crippen LogP contribution in [0.25, 0.3) is 0 Å². The molecule has 1 aromatic carbocycles. The highest BCUT2D eigenvalue weighted by molar-refractivity contribution is 5.98. The van der Waals surface area contributed by atoms with E-state index in [2.05, 4.69) is 22.5 Å². The molecule has 0 saturated carbocycles. The van der Waals surface area contributed by atoms with Crippen molar-refractivity contribution in [3.63, 3.8) is 0 Å². The van der Waals surface area contributed by atoms with E-state index >= 15 is 0 Å². The summed E-state index contributed by atoms with van der Waals surface area (Å²) in [6.07, 6.45) is 2.21. The average molecular weight is 375 g/mol. The van der Waals surface area contributed by atoms with E-state index < -0.39 is 17.9 Å². The Morgan fingerprint density at radius 3 is 2.74 bits per heavy atom. The molecule has 144 valence electrons. The van der Waals surface area contributed by atoms with Gasteiger partial charge in [0.25, 0.3) is 11.8 Å². The first kappa shape index (κ1) is 17.9. The minimum atomic E-state index is -2.73. The molecule has 1 saturated heterocycles. The second-order valence-corrected chi connectivity index (χ2v) is 7.54. The lowest BCUT2D eigenvalue weighted by molar-refractivity contribution is 0.0205. The minimum absolute atomic E-state index is 0.0314. The summed E-state index contributed by atoms with van der Waals surface area (Å²) in [6.45, 7) is -0.168. The Morgan fingerprint density at radius 2 is 2.07 bits per heavy atom. The molecule has 0 bridgehead atoms. The number of nitrogen functional groups attached to an aromatic ring is 1. The number of nitrogens with one attached hydrogen (secondary N) is 1. The first-order chi connectivity index (χ1) is 12.8. The number of rotatable bonds is 4. The molecular weight excluding hydrogens is 352 g/mol. The molecule has 8 heteroatoms. The van der Waals surface area contributed by atoms with E-state index in [4.69, 9.17) is 11.5 Å². The fourth-order valence-corrected chi connectivity index (χ4v) is 4.24. The molecule has 2 atom stereocenters. The Labute approximate surface area is 155 Å². The van der Waals surface area contributed by atoms with Crippen LogP contribution in [0, 0.1) is 0 Å². The van der Waals surface area contributed by atoms with Crippen LogP contribution in [0.1, 0.15) is 45.9 Å². The predicted molar refractivity (Wildman–Crippen MR) is 97.7 cm³/mol. The summed E-state index contributed by atoms with van der Waals surface area (Å²) in [5.74, 6) is -3.16. The summed E-state index contributed by atoms with van der Waals surface area (Å²) >= 11 is 0. The van der Waals surface area contributed by atoms with Crippen molar-refractivity contribution in [2.75, 3.05) is 12.3 Å². The number of nitrogens with two attached hydrogens (primary N) is 2. The molecule has 1 aliphatic heterocycles. The molecule has 0 radical (unpaired) electrons. The third kappa shape index (κ3) is 3.41. The number of fused-ring (bicyclic) bond motifs is 1. The number of anilines is 1. The monoisotopic (exact) mass is 375 g/mol. The van der Waals surface area contributed by atoms with Crippen molar-refractivity contribution in [1.82, 2.24) is 15.1 Å². The van der Waals surface area contributed by atoms with Crippen molar-refractivity contribution in [3.8, 4) is 0 Å². The van der Waals surface area contributed by atoms with Gasteiger partial charge in [-0.25, -0.2) is 13.5 Å². The van der Waals surface area contributed by atoms with E-state index in [1.54, 1.807) is 0 Å². The molecule has 5 N–H and O–H groups in total. The Kier molecular flexibility index (Phi) is 4.38. The van der Waals surface area contributed by atoms with E-state index in [0.717, 1.165) is 19.3 Å². The fraction of sp³-hybridized carbons (Fsp3) is 0.474. The number of hydrogen-bond donors (Lipinski definition) is 3. The zero-order valence-electron chi connectivity index (χ0n) is 14.9. The van der Waals surface area contributed by atoms with Gasteiger partial charge in [-0.05, 0) is 30.4 Å². The molecule has 1 aliphatic carbocycles. The van der Waals surface area contributed by atoms with Gasteiger partial charge < -0.3 is 16.8 Å². The lowest BCUT2D eigenvalue weighted by Crippen LogP contribution is -2.28. The third-order valence-electron chi connectivity index (χ3n) is 5.59. The maximum absolute atomic E-state index is 13.4. The van der Waals surface area contributed by atoms with Gasteiger partial charge in [-0.2, -0.15) is 5.10 Å². The van der Waals surface area contributed by atoms with Crippen LogP contribution >= 0.6 is 0 Å². The Hall–Kier alpha value is -2.48. The number of nitrogens with zero attached hydrogens (tertiary/aromatic N) is 2. The second kappa shape index (κ2) is 6.60. The minimum Gasteiger partial charge on any atom is -0.383 e. The van der Waals surface area contributed by atoms with Crippen molar-refractivity contribution in [2.24, 2.45) is 5.73 Å². The Bertz CT molecular complexity index is 879. The summed E-state index contributed by atoms with van der Waals surface area (Å²) in [7, 11) is 0. The number of primary amides is 1. The van der Waals surface area contributed by atoms with E-state index in [0.29, 0.717) is 5.69 Å².